The highest BCUT2D eigenvalue weighted by Gasteiger charge is 1.97. The molecule has 0 heterocycles. The topological polar surface area (TPSA) is 58.6 Å². The van der Waals surface area contributed by atoms with E-state index in [4.69, 9.17) is 9.84 Å². The summed E-state index contributed by atoms with van der Waals surface area (Å²) in [6.45, 7) is 6.36. The molecule has 5 heteroatoms. The standard InChI is InChI=1S/C18H27NO3.ClH/c1-15(2)5-4-14-22-17-9-7-16(8-10-17)6-3-12-19-13-11-18(20)21;/h3,6-10,15,19H,4-5,11-14H2,1-2H3,(H,20,21);1H. The number of aliphatic carboxylic acids is 1. The summed E-state index contributed by atoms with van der Waals surface area (Å²) in [7, 11) is 0. The average molecular weight is 342 g/mol. The maximum Gasteiger partial charge on any atom is 0.304 e. The zero-order chi connectivity index (χ0) is 16.2. The molecule has 1 rings (SSSR count). The van der Waals surface area contributed by atoms with Crippen LogP contribution in [-0.4, -0.2) is 30.8 Å². The first-order chi connectivity index (χ1) is 10.6. The van der Waals surface area contributed by atoms with Gasteiger partial charge in [-0.05, 0) is 36.5 Å². The van der Waals surface area contributed by atoms with E-state index < -0.39 is 5.97 Å². The van der Waals surface area contributed by atoms with Gasteiger partial charge >= 0.3 is 5.97 Å². The van der Waals surface area contributed by atoms with Crippen LogP contribution in [0.5, 0.6) is 5.75 Å². The number of halogens is 1. The first-order valence-electron chi connectivity index (χ1n) is 7.90. The minimum absolute atomic E-state index is 0. The Kier molecular flexibility index (Phi) is 12.1. The van der Waals surface area contributed by atoms with Crippen molar-refractivity contribution < 1.29 is 14.6 Å². The summed E-state index contributed by atoms with van der Waals surface area (Å²) in [4.78, 5) is 10.3. The van der Waals surface area contributed by atoms with Crippen molar-refractivity contribution in [2.75, 3.05) is 19.7 Å². The number of benzene rings is 1. The lowest BCUT2D eigenvalue weighted by Gasteiger charge is -2.07. The molecule has 0 unspecified atom stereocenters. The number of carbonyl (C=O) groups is 1. The number of ether oxygens (including phenoxy) is 1. The summed E-state index contributed by atoms with van der Waals surface area (Å²) in [5.74, 6) is 0.848. The molecule has 0 aliphatic rings. The summed E-state index contributed by atoms with van der Waals surface area (Å²) < 4.78 is 5.70. The van der Waals surface area contributed by atoms with Gasteiger partial charge in [0.25, 0.3) is 0 Å². The quantitative estimate of drug-likeness (QED) is 0.597. The molecule has 130 valence electrons. The molecule has 0 bridgehead atoms. The number of hydrogen-bond acceptors (Lipinski definition) is 3. The fourth-order valence-electron chi connectivity index (χ4n) is 1.93. The van der Waals surface area contributed by atoms with Crippen molar-refractivity contribution >= 4 is 24.5 Å². The molecule has 2 N–H and O–H groups in total. The van der Waals surface area contributed by atoms with E-state index in [1.807, 2.05) is 36.4 Å². The fraction of sp³-hybridized carbons (Fsp3) is 0.500. The van der Waals surface area contributed by atoms with E-state index in [1.54, 1.807) is 0 Å². The van der Waals surface area contributed by atoms with Crippen molar-refractivity contribution in [2.45, 2.75) is 33.1 Å². The monoisotopic (exact) mass is 341 g/mol. The molecule has 0 radical (unpaired) electrons. The van der Waals surface area contributed by atoms with Gasteiger partial charge in [-0.3, -0.25) is 4.79 Å². The largest absolute Gasteiger partial charge is 0.494 e. The number of carboxylic acids is 1. The van der Waals surface area contributed by atoms with Crippen LogP contribution in [0, 0.1) is 5.92 Å². The van der Waals surface area contributed by atoms with Crippen molar-refractivity contribution in [3.8, 4) is 5.75 Å². The second-order valence-corrected chi connectivity index (χ2v) is 5.70. The summed E-state index contributed by atoms with van der Waals surface area (Å²) in [5.41, 5.74) is 1.11. The molecule has 4 nitrogen and oxygen atoms in total. The maximum atomic E-state index is 10.3. The van der Waals surface area contributed by atoms with Crippen molar-refractivity contribution in [3.05, 3.63) is 35.9 Å². The van der Waals surface area contributed by atoms with Crippen LogP contribution in [0.15, 0.2) is 30.3 Å². The van der Waals surface area contributed by atoms with Gasteiger partial charge in [0.2, 0.25) is 0 Å². The van der Waals surface area contributed by atoms with Crippen LogP contribution in [0.3, 0.4) is 0 Å². The predicted molar refractivity (Wildman–Crippen MR) is 97.4 cm³/mol. The Balaban J connectivity index is 0.00000484. The zero-order valence-electron chi connectivity index (χ0n) is 14.0. The number of nitrogens with one attached hydrogen (secondary N) is 1. The Morgan fingerprint density at radius 3 is 2.61 bits per heavy atom. The normalized spacial score (nSPS) is 10.7. The van der Waals surface area contributed by atoms with Crippen LogP contribution in [0.25, 0.3) is 6.08 Å². The Morgan fingerprint density at radius 1 is 1.30 bits per heavy atom. The second-order valence-electron chi connectivity index (χ2n) is 5.70. The summed E-state index contributed by atoms with van der Waals surface area (Å²) in [6, 6.07) is 8.00. The number of rotatable bonds is 11. The van der Waals surface area contributed by atoms with E-state index in [0.29, 0.717) is 13.1 Å². The van der Waals surface area contributed by atoms with Gasteiger partial charge in [-0.25, -0.2) is 0 Å². The van der Waals surface area contributed by atoms with E-state index in [2.05, 4.69) is 19.2 Å². The molecule has 1 aromatic rings. The lowest BCUT2D eigenvalue weighted by Crippen LogP contribution is -2.17. The molecule has 0 aromatic heterocycles. The molecule has 0 saturated heterocycles. The molecule has 0 atom stereocenters. The van der Waals surface area contributed by atoms with Crippen LogP contribution in [-0.2, 0) is 4.79 Å². The van der Waals surface area contributed by atoms with Crippen LogP contribution in [0.1, 0.15) is 38.7 Å². The van der Waals surface area contributed by atoms with Crippen LogP contribution >= 0.6 is 12.4 Å². The van der Waals surface area contributed by atoms with Crippen molar-refractivity contribution in [1.82, 2.24) is 5.32 Å². The van der Waals surface area contributed by atoms with Crippen molar-refractivity contribution in [2.24, 2.45) is 5.92 Å². The predicted octanol–water partition coefficient (Wildman–Crippen LogP) is 4.00. The van der Waals surface area contributed by atoms with Gasteiger partial charge in [0.1, 0.15) is 5.75 Å². The summed E-state index contributed by atoms with van der Waals surface area (Å²) >= 11 is 0. The van der Waals surface area contributed by atoms with Crippen LogP contribution in [0.2, 0.25) is 0 Å². The van der Waals surface area contributed by atoms with E-state index in [9.17, 15) is 4.79 Å². The molecule has 0 amide bonds. The summed E-state index contributed by atoms with van der Waals surface area (Å²) in [5, 5.41) is 11.6. The van der Waals surface area contributed by atoms with Gasteiger partial charge in [-0.15, -0.1) is 12.4 Å². The molecule has 0 spiro atoms. The Bertz CT molecular complexity index is 458. The third-order valence-electron chi connectivity index (χ3n) is 3.16. The molecule has 1 aromatic carbocycles. The minimum Gasteiger partial charge on any atom is -0.494 e. The van der Waals surface area contributed by atoms with Crippen molar-refractivity contribution in [1.29, 1.82) is 0 Å². The van der Waals surface area contributed by atoms with E-state index in [0.717, 1.165) is 30.3 Å². The lowest BCUT2D eigenvalue weighted by atomic mass is 10.1. The third kappa shape index (κ3) is 11.7. The van der Waals surface area contributed by atoms with Gasteiger partial charge in [0, 0.05) is 13.1 Å². The molecular weight excluding hydrogens is 314 g/mol. The Hall–Kier alpha value is -1.52. The number of hydrogen-bond donors (Lipinski definition) is 2. The molecule has 23 heavy (non-hydrogen) atoms. The van der Waals surface area contributed by atoms with Crippen LogP contribution < -0.4 is 10.1 Å². The van der Waals surface area contributed by atoms with Gasteiger partial charge in [0.15, 0.2) is 0 Å². The SMILES string of the molecule is CC(C)CCCOc1ccc(C=CCNCCC(=O)O)cc1.Cl. The maximum absolute atomic E-state index is 10.3. The molecule has 0 aliphatic carbocycles. The smallest absolute Gasteiger partial charge is 0.304 e. The summed E-state index contributed by atoms with van der Waals surface area (Å²) in [6.07, 6.45) is 6.42. The highest BCUT2D eigenvalue weighted by Crippen LogP contribution is 2.14. The van der Waals surface area contributed by atoms with Crippen molar-refractivity contribution in [3.63, 3.8) is 0 Å². The Labute approximate surface area is 145 Å². The Morgan fingerprint density at radius 2 is 2.00 bits per heavy atom. The highest BCUT2D eigenvalue weighted by atomic mass is 35.5. The average Bonchev–Trinajstić information content (AvgIpc) is 2.48. The number of carboxylic acid groups (broad SMARTS) is 1. The van der Waals surface area contributed by atoms with Gasteiger partial charge < -0.3 is 15.2 Å². The second kappa shape index (κ2) is 13.0. The lowest BCUT2D eigenvalue weighted by molar-refractivity contribution is -0.136. The first kappa shape index (κ1) is 21.5. The highest BCUT2D eigenvalue weighted by molar-refractivity contribution is 5.85. The molecular formula is C18H28ClNO3. The molecule has 0 aliphatic heterocycles. The minimum atomic E-state index is -0.777. The van der Waals surface area contributed by atoms with E-state index >= 15 is 0 Å². The van der Waals surface area contributed by atoms with Gasteiger partial charge in [0.05, 0.1) is 13.0 Å². The van der Waals surface area contributed by atoms with E-state index in [1.165, 1.54) is 6.42 Å². The van der Waals surface area contributed by atoms with Gasteiger partial charge in [-0.2, -0.15) is 0 Å². The van der Waals surface area contributed by atoms with Gasteiger partial charge in [-0.1, -0.05) is 38.1 Å². The molecule has 0 fully saturated rings. The third-order valence-corrected chi connectivity index (χ3v) is 3.16. The molecule has 0 saturated carbocycles. The van der Waals surface area contributed by atoms with Crippen LogP contribution in [0.4, 0.5) is 0 Å². The first-order valence-corrected chi connectivity index (χ1v) is 7.90. The van der Waals surface area contributed by atoms with E-state index in [-0.39, 0.29) is 18.8 Å². The zero-order valence-corrected chi connectivity index (χ0v) is 14.8. The fourth-order valence-corrected chi connectivity index (χ4v) is 1.93.